The third kappa shape index (κ3) is 8.70. The predicted molar refractivity (Wildman–Crippen MR) is 190 cm³/mol. The molecule has 3 aliphatic heterocycles. The summed E-state index contributed by atoms with van der Waals surface area (Å²) in [5, 5.41) is 18.1. The first-order chi connectivity index (χ1) is 24.1. The van der Waals surface area contributed by atoms with Gasteiger partial charge in [-0.25, -0.2) is 0 Å². The van der Waals surface area contributed by atoms with E-state index in [0.29, 0.717) is 38.8 Å². The highest BCUT2D eigenvalue weighted by Gasteiger charge is 2.75. The van der Waals surface area contributed by atoms with Crippen LogP contribution in [-0.2, 0) is 28.7 Å². The van der Waals surface area contributed by atoms with Crippen molar-refractivity contribution in [2.45, 2.75) is 125 Å². The average Bonchev–Trinajstić information content (AvgIpc) is 3.12. The minimum Gasteiger partial charge on any atom is -0.380 e. The fourth-order valence-electron chi connectivity index (χ4n) is 9.04. The number of nitrogens with zero attached hydrogens (tertiary/aromatic N) is 4. The van der Waals surface area contributed by atoms with Gasteiger partial charge >= 0.3 is 0 Å². The Labute approximate surface area is 302 Å². The van der Waals surface area contributed by atoms with Crippen molar-refractivity contribution < 1.29 is 28.7 Å². The first-order valence-corrected chi connectivity index (χ1v) is 19.5. The molecule has 5 fully saturated rings. The predicted octanol–water partition coefficient (Wildman–Crippen LogP) is 2.84. The van der Waals surface area contributed by atoms with Gasteiger partial charge in [0, 0.05) is 45.6 Å². The van der Waals surface area contributed by atoms with Gasteiger partial charge in [0.15, 0.2) is 5.78 Å². The Kier molecular flexibility index (Phi) is 14.1. The fraction of sp³-hybridized carbons (Fsp3) is 0.889. The molecule has 0 bridgehead atoms. The van der Waals surface area contributed by atoms with Gasteiger partial charge in [0.2, 0.25) is 17.4 Å². The van der Waals surface area contributed by atoms with Crippen LogP contribution in [0.3, 0.4) is 0 Å². The third-order valence-corrected chi connectivity index (χ3v) is 12.4. The first-order valence-electron chi connectivity index (χ1n) is 19.1. The fourth-order valence-corrected chi connectivity index (χ4v) is 9.39. The zero-order valence-electron chi connectivity index (χ0n) is 30.4. The van der Waals surface area contributed by atoms with Crippen molar-refractivity contribution in [1.29, 1.82) is 0 Å². The lowest BCUT2D eigenvalue weighted by Crippen LogP contribution is -2.88. The number of likely N-dealkylation sites (tertiary alicyclic amines) is 2. The van der Waals surface area contributed by atoms with Crippen molar-refractivity contribution in [3.63, 3.8) is 0 Å². The summed E-state index contributed by atoms with van der Waals surface area (Å²) in [4.78, 5) is 58.8. The smallest absolute Gasteiger partial charge is 0.260 e. The number of ketones is 1. The molecule has 5 aliphatic rings. The lowest BCUT2D eigenvalue weighted by atomic mass is 9.58. The Morgan fingerprint density at radius 2 is 1.38 bits per heavy atom. The molecule has 3 saturated heterocycles. The van der Waals surface area contributed by atoms with Gasteiger partial charge in [-0.05, 0) is 110 Å². The Morgan fingerprint density at radius 3 is 1.84 bits per heavy atom. The number of rotatable bonds is 15. The average molecular weight is 722 g/mol. The maximum atomic E-state index is 13.6. The number of methoxy groups -OCH3 is 2. The van der Waals surface area contributed by atoms with Gasteiger partial charge in [0.25, 0.3) is 5.91 Å². The van der Waals surface area contributed by atoms with Gasteiger partial charge in [0.05, 0.1) is 23.6 Å². The van der Waals surface area contributed by atoms with Crippen molar-refractivity contribution in [3.8, 4) is 0 Å². The van der Waals surface area contributed by atoms with E-state index in [1.807, 2.05) is 0 Å². The SMILES string of the molecule is COC1CC2(NC(=O)C2(N=NC2CC(C(=O)NCCCN3CCCCC3)CC(C(=O)NCCCN3CCCCC3)C2)C(C)=O)C(OC)CC1Cl. The number of ether oxygens (including phenoxy) is 2. The summed E-state index contributed by atoms with van der Waals surface area (Å²) in [5.74, 6) is -2.06. The summed E-state index contributed by atoms with van der Waals surface area (Å²) in [6.45, 7) is 8.86. The quantitative estimate of drug-likeness (QED) is 0.0768. The molecule has 0 radical (unpaired) electrons. The molecule has 14 heteroatoms. The summed E-state index contributed by atoms with van der Waals surface area (Å²) in [6, 6.07) is -0.526. The lowest BCUT2D eigenvalue weighted by molar-refractivity contribution is -0.173. The molecule has 7 atom stereocenters. The maximum absolute atomic E-state index is 13.6. The van der Waals surface area contributed by atoms with Crippen LogP contribution < -0.4 is 16.0 Å². The van der Waals surface area contributed by atoms with E-state index >= 15 is 0 Å². The van der Waals surface area contributed by atoms with Crippen LogP contribution in [0, 0.1) is 11.8 Å². The number of alkyl halides is 1. The van der Waals surface area contributed by atoms with E-state index in [9.17, 15) is 19.2 Å². The van der Waals surface area contributed by atoms with Crippen molar-refractivity contribution >= 4 is 35.1 Å². The van der Waals surface area contributed by atoms with Crippen molar-refractivity contribution in [3.05, 3.63) is 0 Å². The Balaban J connectivity index is 1.28. The van der Waals surface area contributed by atoms with Crippen LogP contribution >= 0.6 is 11.6 Å². The largest absolute Gasteiger partial charge is 0.380 e. The maximum Gasteiger partial charge on any atom is 0.260 e. The molecule has 7 unspecified atom stereocenters. The van der Waals surface area contributed by atoms with Gasteiger partial charge in [-0.2, -0.15) is 10.2 Å². The number of carbonyl (C=O) groups excluding carboxylic acids is 4. The van der Waals surface area contributed by atoms with Gasteiger partial charge in [-0.3, -0.25) is 19.2 Å². The molecule has 5 rings (SSSR count). The summed E-state index contributed by atoms with van der Waals surface area (Å²) < 4.78 is 11.4. The van der Waals surface area contributed by atoms with Crippen molar-refractivity contribution in [2.75, 3.05) is 66.6 Å². The Bertz CT molecular complexity index is 1160. The lowest BCUT2D eigenvalue weighted by Gasteiger charge is -2.60. The van der Waals surface area contributed by atoms with E-state index in [1.165, 1.54) is 52.6 Å². The number of carbonyl (C=O) groups is 4. The molecule has 0 aromatic rings. The first kappa shape index (κ1) is 39.0. The zero-order valence-corrected chi connectivity index (χ0v) is 31.2. The topological polar surface area (TPSA) is 154 Å². The van der Waals surface area contributed by atoms with Crippen LogP contribution in [0.15, 0.2) is 10.2 Å². The van der Waals surface area contributed by atoms with Crippen molar-refractivity contribution in [2.24, 2.45) is 22.1 Å². The van der Waals surface area contributed by atoms with Gasteiger partial charge in [-0.1, -0.05) is 12.8 Å². The van der Waals surface area contributed by atoms with Crippen molar-refractivity contribution in [1.82, 2.24) is 25.8 Å². The van der Waals surface area contributed by atoms with E-state index in [1.54, 1.807) is 7.11 Å². The summed E-state index contributed by atoms with van der Waals surface area (Å²) in [7, 11) is 3.08. The van der Waals surface area contributed by atoms with E-state index in [2.05, 4.69) is 36.0 Å². The van der Waals surface area contributed by atoms with E-state index < -0.39 is 52.9 Å². The molecule has 2 aliphatic carbocycles. The van der Waals surface area contributed by atoms with Crippen LogP contribution in [0.5, 0.6) is 0 Å². The molecular formula is C36H60ClN7O6. The van der Waals surface area contributed by atoms with Gasteiger partial charge in [0.1, 0.15) is 5.54 Å². The second kappa shape index (κ2) is 18.0. The summed E-state index contributed by atoms with van der Waals surface area (Å²) >= 11 is 6.60. The minimum atomic E-state index is -1.82. The Hall–Kier alpha value is -2.19. The van der Waals surface area contributed by atoms with Crippen LogP contribution in [0.4, 0.5) is 0 Å². The molecule has 3 amide bonds. The van der Waals surface area contributed by atoms with Crippen LogP contribution in [0.25, 0.3) is 0 Å². The van der Waals surface area contributed by atoms with E-state index in [0.717, 1.165) is 52.1 Å². The second-order valence-electron chi connectivity index (χ2n) is 15.2. The molecule has 2 saturated carbocycles. The number of piperidine rings is 2. The van der Waals surface area contributed by atoms with Crippen LogP contribution in [0.1, 0.15) is 90.4 Å². The molecule has 50 heavy (non-hydrogen) atoms. The molecule has 0 aromatic carbocycles. The molecule has 282 valence electrons. The van der Waals surface area contributed by atoms with Gasteiger partial charge in [-0.15, -0.1) is 11.6 Å². The number of Topliss-reactive ketones (excluding diaryl/α,β-unsaturated/α-hetero) is 1. The third-order valence-electron chi connectivity index (χ3n) is 11.9. The minimum absolute atomic E-state index is 0.0894. The van der Waals surface area contributed by atoms with E-state index in [4.69, 9.17) is 21.1 Å². The van der Waals surface area contributed by atoms with Gasteiger partial charge < -0.3 is 35.2 Å². The zero-order chi connectivity index (χ0) is 35.7. The van der Waals surface area contributed by atoms with Crippen LogP contribution in [-0.4, -0.2) is 135 Å². The molecule has 3 N–H and O–H groups in total. The molecule has 1 spiro atoms. The molecule has 3 heterocycles. The second-order valence-corrected chi connectivity index (χ2v) is 15.8. The molecular weight excluding hydrogens is 662 g/mol. The summed E-state index contributed by atoms with van der Waals surface area (Å²) in [5.41, 5.74) is -3.00. The number of hydrogen-bond donors (Lipinski definition) is 3. The molecule has 13 nitrogen and oxygen atoms in total. The standard InChI is InChI=1S/C36H60ClN7O6/c1-25(45)36(34(48)40-35(36)24-30(49-2)29(37)23-31(35)50-3)42-41-28-21-26(32(46)38-12-10-18-43-14-6-4-7-15-43)20-27(22-28)33(47)39-13-11-19-44-16-8-5-9-17-44/h26-31H,4-24H2,1-3H3,(H,38,46)(H,39,47)(H,40,48). The Morgan fingerprint density at radius 1 is 0.840 bits per heavy atom. The normalized spacial score (nSPS) is 35.4. The number of hydrogen-bond acceptors (Lipinski definition) is 10. The summed E-state index contributed by atoms with van der Waals surface area (Å²) in [6.07, 6.45) is 9.96. The number of β-lactam (4-membered cyclic amide) rings is 1. The highest BCUT2D eigenvalue weighted by Crippen LogP contribution is 2.50. The highest BCUT2D eigenvalue weighted by atomic mass is 35.5. The number of halogens is 1. The van der Waals surface area contributed by atoms with Crippen LogP contribution in [0.2, 0.25) is 0 Å². The van der Waals surface area contributed by atoms with E-state index in [-0.39, 0.29) is 23.6 Å². The number of nitrogens with one attached hydrogen (secondary N) is 3. The monoisotopic (exact) mass is 721 g/mol. The number of azo groups is 1. The highest BCUT2D eigenvalue weighted by molar-refractivity contribution is 6.21. The molecule has 0 aromatic heterocycles. The number of amides is 3.